The van der Waals surface area contributed by atoms with E-state index in [0.717, 1.165) is 18.2 Å². The highest BCUT2D eigenvalue weighted by atomic mass is 19.1. The van der Waals surface area contributed by atoms with Crippen LogP contribution in [0.4, 0.5) is 18.9 Å². The number of nitrogens with zero attached hydrogens (tertiary/aromatic N) is 1. The fraction of sp³-hybridized carbons (Fsp3) is 0. The van der Waals surface area contributed by atoms with Crippen molar-refractivity contribution in [1.82, 2.24) is 0 Å². The van der Waals surface area contributed by atoms with E-state index in [9.17, 15) is 13.2 Å². The fourth-order valence-corrected chi connectivity index (χ4v) is 1.39. The summed E-state index contributed by atoms with van der Waals surface area (Å²) in [6.07, 6.45) is 1.25. The molecule has 0 saturated carbocycles. The SMILES string of the molecule is Fc1cc(F)cc(/C=N/Nc2cccc(F)c2)c1. The van der Waals surface area contributed by atoms with Gasteiger partial charge in [-0.15, -0.1) is 0 Å². The van der Waals surface area contributed by atoms with E-state index >= 15 is 0 Å². The van der Waals surface area contributed by atoms with E-state index in [-0.39, 0.29) is 5.56 Å². The van der Waals surface area contributed by atoms with Gasteiger partial charge in [0.25, 0.3) is 0 Å². The van der Waals surface area contributed by atoms with Gasteiger partial charge in [-0.2, -0.15) is 5.10 Å². The van der Waals surface area contributed by atoms with Gasteiger partial charge >= 0.3 is 0 Å². The molecule has 92 valence electrons. The van der Waals surface area contributed by atoms with Crippen molar-refractivity contribution in [1.29, 1.82) is 0 Å². The maximum atomic E-state index is 12.9. The van der Waals surface area contributed by atoms with Crippen molar-refractivity contribution in [3.63, 3.8) is 0 Å². The van der Waals surface area contributed by atoms with E-state index in [1.54, 1.807) is 6.07 Å². The molecule has 18 heavy (non-hydrogen) atoms. The van der Waals surface area contributed by atoms with Crippen molar-refractivity contribution in [2.24, 2.45) is 5.10 Å². The van der Waals surface area contributed by atoms with E-state index in [1.165, 1.54) is 24.4 Å². The zero-order valence-corrected chi connectivity index (χ0v) is 9.20. The van der Waals surface area contributed by atoms with Gasteiger partial charge in [0.2, 0.25) is 0 Å². The minimum atomic E-state index is -0.679. The van der Waals surface area contributed by atoms with Gasteiger partial charge in [-0.25, -0.2) is 13.2 Å². The Morgan fingerprint density at radius 1 is 0.889 bits per heavy atom. The number of nitrogens with one attached hydrogen (secondary N) is 1. The summed E-state index contributed by atoms with van der Waals surface area (Å²) in [5, 5.41) is 3.76. The molecule has 0 unspecified atom stereocenters. The maximum absolute atomic E-state index is 12.9. The summed E-state index contributed by atoms with van der Waals surface area (Å²) < 4.78 is 38.6. The molecule has 5 heteroatoms. The molecule has 0 heterocycles. The third-order valence-corrected chi connectivity index (χ3v) is 2.12. The van der Waals surface area contributed by atoms with Gasteiger partial charge in [-0.05, 0) is 30.3 Å². The van der Waals surface area contributed by atoms with Crippen molar-refractivity contribution in [2.45, 2.75) is 0 Å². The maximum Gasteiger partial charge on any atom is 0.126 e. The summed E-state index contributed by atoms with van der Waals surface area (Å²) in [5.41, 5.74) is 3.28. The summed E-state index contributed by atoms with van der Waals surface area (Å²) in [5.74, 6) is -1.75. The lowest BCUT2D eigenvalue weighted by Gasteiger charge is -1.99. The zero-order chi connectivity index (χ0) is 13.0. The first-order chi connectivity index (χ1) is 8.63. The first kappa shape index (κ1) is 12.2. The molecule has 0 atom stereocenters. The van der Waals surface area contributed by atoms with Crippen LogP contribution < -0.4 is 5.43 Å². The van der Waals surface area contributed by atoms with Crippen LogP contribution in [0.15, 0.2) is 47.6 Å². The van der Waals surface area contributed by atoms with E-state index in [0.29, 0.717) is 5.69 Å². The average Bonchev–Trinajstić information content (AvgIpc) is 2.27. The highest BCUT2D eigenvalue weighted by molar-refractivity contribution is 5.80. The number of hydrogen-bond acceptors (Lipinski definition) is 2. The lowest BCUT2D eigenvalue weighted by atomic mass is 10.2. The second-order valence-corrected chi connectivity index (χ2v) is 3.58. The van der Waals surface area contributed by atoms with Crippen LogP contribution in [0.3, 0.4) is 0 Å². The normalized spacial score (nSPS) is 10.8. The Bertz CT molecular complexity index is 562. The average molecular weight is 250 g/mol. The molecule has 0 spiro atoms. The van der Waals surface area contributed by atoms with Gasteiger partial charge < -0.3 is 0 Å². The third-order valence-electron chi connectivity index (χ3n) is 2.12. The van der Waals surface area contributed by atoms with Crippen LogP contribution in [0, 0.1) is 17.5 Å². The standard InChI is InChI=1S/C13H9F3N2/c14-10-2-1-3-13(7-10)18-17-8-9-4-11(15)6-12(16)5-9/h1-8,18H/b17-8+. The first-order valence-corrected chi connectivity index (χ1v) is 5.14. The lowest BCUT2D eigenvalue weighted by Crippen LogP contribution is -1.92. The summed E-state index contributed by atoms with van der Waals surface area (Å²) in [6, 6.07) is 8.75. The summed E-state index contributed by atoms with van der Waals surface area (Å²) in [7, 11) is 0. The molecule has 2 nitrogen and oxygen atoms in total. The molecule has 0 aliphatic carbocycles. The Hall–Kier alpha value is -2.30. The Balaban J connectivity index is 2.07. The number of hydrogen-bond donors (Lipinski definition) is 1. The van der Waals surface area contributed by atoms with E-state index in [4.69, 9.17) is 0 Å². The number of halogens is 3. The minimum Gasteiger partial charge on any atom is -0.278 e. The Kier molecular flexibility index (Phi) is 3.62. The molecule has 0 radical (unpaired) electrons. The topological polar surface area (TPSA) is 24.4 Å². The van der Waals surface area contributed by atoms with Gasteiger partial charge in [0, 0.05) is 11.6 Å². The van der Waals surface area contributed by atoms with E-state index in [1.807, 2.05) is 0 Å². The molecule has 0 amide bonds. The van der Waals surface area contributed by atoms with Crippen molar-refractivity contribution >= 4 is 11.9 Å². The van der Waals surface area contributed by atoms with Crippen molar-refractivity contribution in [3.8, 4) is 0 Å². The van der Waals surface area contributed by atoms with Crippen LogP contribution in [0.5, 0.6) is 0 Å². The molecule has 1 N–H and O–H groups in total. The molecule has 0 bridgehead atoms. The number of benzene rings is 2. The molecular formula is C13H9F3N2. The van der Waals surface area contributed by atoms with Gasteiger partial charge in [0.15, 0.2) is 0 Å². The lowest BCUT2D eigenvalue weighted by molar-refractivity contribution is 0.583. The van der Waals surface area contributed by atoms with E-state index in [2.05, 4.69) is 10.5 Å². The highest BCUT2D eigenvalue weighted by Crippen LogP contribution is 2.09. The molecule has 2 rings (SSSR count). The number of hydrazone groups is 1. The molecule has 2 aromatic carbocycles. The Morgan fingerprint density at radius 3 is 2.28 bits per heavy atom. The van der Waals surface area contributed by atoms with Crippen LogP contribution >= 0.6 is 0 Å². The van der Waals surface area contributed by atoms with Gasteiger partial charge in [0.1, 0.15) is 17.5 Å². The largest absolute Gasteiger partial charge is 0.278 e. The quantitative estimate of drug-likeness (QED) is 0.653. The summed E-state index contributed by atoms with van der Waals surface area (Å²) in [6.45, 7) is 0. The minimum absolute atomic E-state index is 0.274. The van der Waals surface area contributed by atoms with Gasteiger partial charge in [-0.1, -0.05) is 6.07 Å². The second-order valence-electron chi connectivity index (χ2n) is 3.58. The molecular weight excluding hydrogens is 241 g/mol. The summed E-state index contributed by atoms with van der Waals surface area (Å²) in [4.78, 5) is 0. The Labute approximate surface area is 102 Å². The zero-order valence-electron chi connectivity index (χ0n) is 9.20. The van der Waals surface area contributed by atoms with Crippen molar-refractivity contribution in [2.75, 3.05) is 5.43 Å². The molecule has 0 aliphatic rings. The van der Waals surface area contributed by atoms with Crippen LogP contribution in [0.25, 0.3) is 0 Å². The van der Waals surface area contributed by atoms with Gasteiger partial charge in [-0.3, -0.25) is 5.43 Å². The first-order valence-electron chi connectivity index (χ1n) is 5.14. The predicted molar refractivity (Wildman–Crippen MR) is 64.0 cm³/mol. The molecule has 0 fully saturated rings. The fourth-order valence-electron chi connectivity index (χ4n) is 1.39. The molecule has 2 aromatic rings. The molecule has 0 aromatic heterocycles. The van der Waals surface area contributed by atoms with Crippen LogP contribution in [-0.4, -0.2) is 6.21 Å². The monoisotopic (exact) mass is 250 g/mol. The molecule has 0 aliphatic heterocycles. The predicted octanol–water partition coefficient (Wildman–Crippen LogP) is 3.55. The van der Waals surface area contributed by atoms with Crippen LogP contribution in [-0.2, 0) is 0 Å². The van der Waals surface area contributed by atoms with Crippen LogP contribution in [0.1, 0.15) is 5.56 Å². The van der Waals surface area contributed by atoms with E-state index < -0.39 is 17.5 Å². The van der Waals surface area contributed by atoms with Crippen molar-refractivity contribution in [3.05, 3.63) is 65.5 Å². The summed E-state index contributed by atoms with van der Waals surface area (Å²) >= 11 is 0. The van der Waals surface area contributed by atoms with Crippen LogP contribution in [0.2, 0.25) is 0 Å². The van der Waals surface area contributed by atoms with Crippen molar-refractivity contribution < 1.29 is 13.2 Å². The number of anilines is 1. The highest BCUT2D eigenvalue weighted by Gasteiger charge is 1.98. The molecule has 0 saturated heterocycles. The number of rotatable bonds is 3. The third kappa shape index (κ3) is 3.35. The second kappa shape index (κ2) is 5.35. The smallest absolute Gasteiger partial charge is 0.126 e. The van der Waals surface area contributed by atoms with Gasteiger partial charge in [0.05, 0.1) is 11.9 Å². The Morgan fingerprint density at radius 2 is 1.61 bits per heavy atom.